The highest BCUT2D eigenvalue weighted by molar-refractivity contribution is 7.85. The molecule has 0 spiro atoms. The van der Waals surface area contributed by atoms with Gasteiger partial charge in [0.05, 0.1) is 6.07 Å². The number of nitriles is 1. The molecular weight excluding hydrogens is 257 g/mol. The Labute approximate surface area is 99.6 Å². The largest absolute Gasteiger partial charge is 0.405 e. The maximum absolute atomic E-state index is 12.2. The second kappa shape index (κ2) is 6.59. The number of carbonyl (C=O) groups excluding carboxylic acids is 1. The van der Waals surface area contributed by atoms with Gasteiger partial charge in [-0.1, -0.05) is 0 Å². The molecule has 0 saturated carbocycles. The summed E-state index contributed by atoms with van der Waals surface area (Å²) in [5.41, 5.74) is 0. The van der Waals surface area contributed by atoms with E-state index in [2.05, 4.69) is 5.32 Å². The topological polar surface area (TPSA) is 70.0 Å². The fourth-order valence-corrected chi connectivity index (χ4v) is 2.09. The Balaban J connectivity index is 4.28. The van der Waals surface area contributed by atoms with E-state index in [1.807, 2.05) is 0 Å². The van der Waals surface area contributed by atoms with Crippen LogP contribution in [0.2, 0.25) is 0 Å². The zero-order chi connectivity index (χ0) is 13.6. The highest BCUT2D eigenvalue weighted by atomic mass is 32.2. The van der Waals surface area contributed by atoms with Gasteiger partial charge < -0.3 is 5.32 Å². The summed E-state index contributed by atoms with van der Waals surface area (Å²) in [6.07, 6.45) is -4.71. The Morgan fingerprint density at radius 2 is 2.00 bits per heavy atom. The maximum Gasteiger partial charge on any atom is 0.405 e. The van der Waals surface area contributed by atoms with E-state index in [1.165, 1.54) is 0 Å². The smallest absolute Gasteiger partial charge is 0.353 e. The van der Waals surface area contributed by atoms with Crippen molar-refractivity contribution < 1.29 is 22.2 Å². The van der Waals surface area contributed by atoms with Crippen molar-refractivity contribution in [1.82, 2.24) is 5.32 Å². The third-order valence-electron chi connectivity index (χ3n) is 1.65. The van der Waals surface area contributed by atoms with Crippen LogP contribution in [0.15, 0.2) is 0 Å². The second-order valence-electron chi connectivity index (χ2n) is 3.70. The number of amides is 1. The molecule has 98 valence electrons. The van der Waals surface area contributed by atoms with E-state index < -0.39 is 40.3 Å². The van der Waals surface area contributed by atoms with Gasteiger partial charge in [-0.25, -0.2) is 0 Å². The van der Waals surface area contributed by atoms with Crippen molar-refractivity contribution >= 4 is 16.7 Å². The van der Waals surface area contributed by atoms with Crippen LogP contribution in [0.3, 0.4) is 0 Å². The molecule has 0 radical (unpaired) electrons. The lowest BCUT2D eigenvalue weighted by atomic mass is 10.2. The second-order valence-corrected chi connectivity index (χ2v) is 5.20. The van der Waals surface area contributed by atoms with E-state index in [1.54, 1.807) is 13.8 Å². The number of rotatable bonds is 5. The molecule has 4 nitrogen and oxygen atoms in total. The molecule has 17 heavy (non-hydrogen) atoms. The van der Waals surface area contributed by atoms with Crippen LogP contribution >= 0.6 is 0 Å². The molecule has 1 N–H and O–H groups in total. The minimum absolute atomic E-state index is 0.172. The summed E-state index contributed by atoms with van der Waals surface area (Å²) in [5, 5.41) is 10.7. The van der Waals surface area contributed by atoms with Gasteiger partial charge in [0.1, 0.15) is 5.75 Å². The van der Waals surface area contributed by atoms with Crippen molar-refractivity contribution in [2.45, 2.75) is 26.1 Å². The zero-order valence-corrected chi connectivity index (χ0v) is 10.2. The number of alkyl halides is 3. The first-order valence-corrected chi connectivity index (χ1v) is 6.26. The summed E-state index contributed by atoms with van der Waals surface area (Å²) < 4.78 is 47.8. The van der Waals surface area contributed by atoms with Crippen molar-refractivity contribution in [3.63, 3.8) is 0 Å². The Bertz CT molecular complexity index is 336. The quantitative estimate of drug-likeness (QED) is 0.809. The van der Waals surface area contributed by atoms with Crippen molar-refractivity contribution in [1.29, 1.82) is 5.26 Å². The molecule has 0 aromatic heterocycles. The first-order chi connectivity index (χ1) is 7.66. The molecule has 0 fully saturated rings. The number of carbonyl (C=O) groups is 1. The standard InChI is InChI=1S/C9H13F3N2O2S/c1-6(2)14-8(15)5-17(16)4-7(3-13)9(10,11)12/h6-7H,4-5H2,1-2H3,(H,14,15). The summed E-state index contributed by atoms with van der Waals surface area (Å²) in [6.45, 7) is 3.35. The molecular formula is C9H13F3N2O2S. The average molecular weight is 270 g/mol. The van der Waals surface area contributed by atoms with E-state index in [9.17, 15) is 22.2 Å². The summed E-state index contributed by atoms with van der Waals surface area (Å²) in [7, 11) is -2.00. The van der Waals surface area contributed by atoms with E-state index >= 15 is 0 Å². The SMILES string of the molecule is CC(C)NC(=O)CS(=O)CC(C#N)C(F)(F)F. The number of hydrogen-bond donors (Lipinski definition) is 1. The molecule has 1 amide bonds. The van der Waals surface area contributed by atoms with Crippen molar-refractivity contribution in [3.8, 4) is 6.07 Å². The average Bonchev–Trinajstić information content (AvgIpc) is 2.10. The van der Waals surface area contributed by atoms with E-state index in [4.69, 9.17) is 5.26 Å². The van der Waals surface area contributed by atoms with Gasteiger partial charge in [-0.05, 0) is 13.8 Å². The summed E-state index contributed by atoms with van der Waals surface area (Å²) in [6, 6.07) is 0.865. The van der Waals surface area contributed by atoms with E-state index in [0.29, 0.717) is 0 Å². The Hall–Kier alpha value is -1.10. The molecule has 0 bridgehead atoms. The number of halogens is 3. The third-order valence-corrected chi connectivity index (χ3v) is 2.93. The monoisotopic (exact) mass is 270 g/mol. The Kier molecular flexibility index (Phi) is 6.16. The van der Waals surface area contributed by atoms with E-state index in [0.717, 1.165) is 6.07 Å². The van der Waals surface area contributed by atoms with Crippen molar-refractivity contribution in [3.05, 3.63) is 0 Å². The zero-order valence-electron chi connectivity index (χ0n) is 9.37. The summed E-state index contributed by atoms with van der Waals surface area (Å²) >= 11 is 0. The molecule has 0 aliphatic heterocycles. The predicted octanol–water partition coefficient (Wildman–Crippen LogP) is 0.962. The van der Waals surface area contributed by atoms with E-state index in [-0.39, 0.29) is 6.04 Å². The highest BCUT2D eigenvalue weighted by Crippen LogP contribution is 2.26. The lowest BCUT2D eigenvalue weighted by Crippen LogP contribution is -2.36. The van der Waals surface area contributed by atoms with Gasteiger partial charge in [-0.2, -0.15) is 18.4 Å². The van der Waals surface area contributed by atoms with Crippen LogP contribution in [0.5, 0.6) is 0 Å². The van der Waals surface area contributed by atoms with Gasteiger partial charge in [0.25, 0.3) is 0 Å². The van der Waals surface area contributed by atoms with Gasteiger partial charge in [0, 0.05) is 22.6 Å². The third kappa shape index (κ3) is 6.94. The first kappa shape index (κ1) is 15.9. The van der Waals surface area contributed by atoms with Gasteiger partial charge in [-0.3, -0.25) is 9.00 Å². The lowest BCUT2D eigenvalue weighted by Gasteiger charge is -2.13. The Morgan fingerprint density at radius 1 is 1.47 bits per heavy atom. The molecule has 8 heteroatoms. The van der Waals surface area contributed by atoms with Crippen LogP contribution in [0.4, 0.5) is 13.2 Å². The number of hydrogen-bond acceptors (Lipinski definition) is 3. The first-order valence-electron chi connectivity index (χ1n) is 4.77. The summed E-state index contributed by atoms with van der Waals surface area (Å²) in [5.74, 6) is -4.27. The van der Waals surface area contributed by atoms with Crippen LogP contribution in [-0.4, -0.2) is 33.8 Å². The van der Waals surface area contributed by atoms with Crippen LogP contribution in [0.1, 0.15) is 13.8 Å². The van der Waals surface area contributed by atoms with Gasteiger partial charge in [0.15, 0.2) is 5.92 Å². The fourth-order valence-electron chi connectivity index (χ4n) is 0.960. The minimum atomic E-state index is -4.71. The molecule has 0 aliphatic carbocycles. The number of nitrogens with one attached hydrogen (secondary N) is 1. The van der Waals surface area contributed by atoms with Crippen LogP contribution < -0.4 is 5.32 Å². The van der Waals surface area contributed by atoms with Crippen LogP contribution in [-0.2, 0) is 15.6 Å². The van der Waals surface area contributed by atoms with Gasteiger partial charge in [-0.15, -0.1) is 0 Å². The lowest BCUT2D eigenvalue weighted by molar-refractivity contribution is -0.153. The molecule has 0 aliphatic rings. The molecule has 0 aromatic carbocycles. The number of nitrogens with zero attached hydrogens (tertiary/aromatic N) is 1. The summed E-state index contributed by atoms with van der Waals surface area (Å²) in [4.78, 5) is 11.1. The normalized spacial score (nSPS) is 15.1. The highest BCUT2D eigenvalue weighted by Gasteiger charge is 2.41. The van der Waals surface area contributed by atoms with Crippen LogP contribution in [0, 0.1) is 17.2 Å². The van der Waals surface area contributed by atoms with Gasteiger partial charge >= 0.3 is 6.18 Å². The molecule has 2 unspecified atom stereocenters. The van der Waals surface area contributed by atoms with Crippen molar-refractivity contribution in [2.75, 3.05) is 11.5 Å². The van der Waals surface area contributed by atoms with Crippen LogP contribution in [0.25, 0.3) is 0 Å². The molecule has 0 rings (SSSR count). The predicted molar refractivity (Wildman–Crippen MR) is 56.3 cm³/mol. The molecule has 0 aromatic rings. The van der Waals surface area contributed by atoms with Gasteiger partial charge in [0.2, 0.25) is 5.91 Å². The minimum Gasteiger partial charge on any atom is -0.353 e. The molecule has 0 saturated heterocycles. The molecule has 0 heterocycles. The van der Waals surface area contributed by atoms with Crippen molar-refractivity contribution in [2.24, 2.45) is 5.92 Å². The molecule has 2 atom stereocenters. The Morgan fingerprint density at radius 3 is 2.35 bits per heavy atom. The maximum atomic E-state index is 12.2. The fraction of sp³-hybridized carbons (Fsp3) is 0.778.